The topological polar surface area (TPSA) is 46.5 Å². The number of carboxylic acids is 1. The van der Waals surface area contributed by atoms with Crippen molar-refractivity contribution in [3.63, 3.8) is 0 Å². The maximum absolute atomic E-state index is 13.6. The van der Waals surface area contributed by atoms with Crippen LogP contribution in [-0.2, 0) is 4.79 Å². The normalized spacial score (nSPS) is 21.2. The molecule has 3 nitrogen and oxygen atoms in total. The van der Waals surface area contributed by atoms with Crippen LogP contribution in [0.2, 0.25) is 0 Å². The second-order valence-corrected chi connectivity index (χ2v) is 5.74. The highest BCUT2D eigenvalue weighted by Crippen LogP contribution is 2.51. The molecule has 1 unspecified atom stereocenters. The highest BCUT2D eigenvalue weighted by Gasteiger charge is 2.63. The van der Waals surface area contributed by atoms with E-state index in [1.807, 2.05) is 0 Å². The summed E-state index contributed by atoms with van der Waals surface area (Å²) in [7, 11) is 0. The largest absolute Gasteiger partial charge is 0.478 e. The SMILES string of the molecule is CCCSC1(C(F)(F)F)Oc2ccccc2C=C1C(=O)O. The van der Waals surface area contributed by atoms with Crippen molar-refractivity contribution in [3.8, 4) is 5.75 Å². The molecule has 0 saturated heterocycles. The Balaban J connectivity index is 2.61. The van der Waals surface area contributed by atoms with Crippen LogP contribution in [0.25, 0.3) is 6.08 Å². The summed E-state index contributed by atoms with van der Waals surface area (Å²) < 4.78 is 45.9. The first kappa shape index (κ1) is 15.8. The Hall–Kier alpha value is -1.63. The second kappa shape index (κ2) is 5.63. The van der Waals surface area contributed by atoms with Crippen molar-refractivity contribution in [2.45, 2.75) is 24.5 Å². The zero-order valence-electron chi connectivity index (χ0n) is 11.1. The predicted molar refractivity (Wildman–Crippen MR) is 74.2 cm³/mol. The van der Waals surface area contributed by atoms with Gasteiger partial charge in [0.05, 0.1) is 0 Å². The van der Waals surface area contributed by atoms with E-state index in [1.54, 1.807) is 19.1 Å². The number of benzene rings is 1. The van der Waals surface area contributed by atoms with Crippen molar-refractivity contribution in [2.75, 3.05) is 5.75 Å². The van der Waals surface area contributed by atoms with Crippen LogP contribution < -0.4 is 4.74 Å². The number of rotatable bonds is 4. The lowest BCUT2D eigenvalue weighted by Crippen LogP contribution is -2.52. The monoisotopic (exact) mass is 318 g/mol. The first-order valence-electron chi connectivity index (χ1n) is 6.26. The van der Waals surface area contributed by atoms with Crippen molar-refractivity contribution in [3.05, 3.63) is 35.4 Å². The molecular formula is C14H13F3O3S. The van der Waals surface area contributed by atoms with E-state index in [0.717, 1.165) is 6.08 Å². The molecule has 21 heavy (non-hydrogen) atoms. The summed E-state index contributed by atoms with van der Waals surface area (Å²) in [5, 5.41) is 9.20. The number of para-hydroxylation sites is 1. The highest BCUT2D eigenvalue weighted by atomic mass is 32.2. The zero-order chi connectivity index (χ0) is 15.7. The van der Waals surface area contributed by atoms with E-state index in [1.165, 1.54) is 12.1 Å². The van der Waals surface area contributed by atoms with Gasteiger partial charge in [-0.15, -0.1) is 11.8 Å². The number of aliphatic carboxylic acids is 1. The lowest BCUT2D eigenvalue weighted by molar-refractivity contribution is -0.200. The fourth-order valence-corrected chi connectivity index (χ4v) is 3.11. The van der Waals surface area contributed by atoms with Crippen LogP contribution in [0.1, 0.15) is 18.9 Å². The maximum atomic E-state index is 13.6. The summed E-state index contributed by atoms with van der Waals surface area (Å²) >= 11 is 0.455. The molecule has 0 radical (unpaired) electrons. The van der Waals surface area contributed by atoms with Crippen molar-refractivity contribution in [2.24, 2.45) is 0 Å². The Labute approximate surface area is 123 Å². The van der Waals surface area contributed by atoms with Gasteiger partial charge in [0, 0.05) is 5.56 Å². The van der Waals surface area contributed by atoms with Gasteiger partial charge in [-0.25, -0.2) is 4.79 Å². The summed E-state index contributed by atoms with van der Waals surface area (Å²) in [5.74, 6) is -1.47. The van der Waals surface area contributed by atoms with E-state index in [2.05, 4.69) is 0 Å². The molecule has 0 saturated carbocycles. The molecule has 2 rings (SSSR count). The number of halogens is 3. The minimum Gasteiger partial charge on any atom is -0.478 e. The summed E-state index contributed by atoms with van der Waals surface area (Å²) in [4.78, 5) is 8.46. The first-order chi connectivity index (χ1) is 9.82. The maximum Gasteiger partial charge on any atom is 0.443 e. The summed E-state index contributed by atoms with van der Waals surface area (Å²) in [6, 6.07) is 6.07. The standard InChI is InChI=1S/C14H13F3O3S/c1-2-7-21-13(14(15,16)17)10(12(18)19)8-9-5-3-4-6-11(9)20-13/h3-6,8H,2,7H2,1H3,(H,18,19). The zero-order valence-corrected chi connectivity index (χ0v) is 11.9. The number of thioether (sulfide) groups is 1. The number of fused-ring (bicyclic) bond motifs is 1. The van der Waals surface area contributed by atoms with Crippen molar-refractivity contribution in [1.82, 2.24) is 0 Å². The second-order valence-electron chi connectivity index (χ2n) is 4.47. The van der Waals surface area contributed by atoms with E-state index in [4.69, 9.17) is 4.74 Å². The van der Waals surface area contributed by atoms with E-state index in [-0.39, 0.29) is 11.5 Å². The average molecular weight is 318 g/mol. The summed E-state index contributed by atoms with van der Waals surface area (Å²) in [6.45, 7) is 1.72. The molecule has 7 heteroatoms. The minimum absolute atomic E-state index is 0.0310. The van der Waals surface area contributed by atoms with Crippen LogP contribution in [0.15, 0.2) is 29.8 Å². The Morgan fingerprint density at radius 1 is 1.38 bits per heavy atom. The molecule has 114 valence electrons. The van der Waals surface area contributed by atoms with Gasteiger partial charge in [0.25, 0.3) is 4.93 Å². The molecule has 0 amide bonds. The van der Waals surface area contributed by atoms with Crippen LogP contribution in [0, 0.1) is 0 Å². The molecule has 1 aromatic carbocycles. The number of carbonyl (C=O) groups is 1. The molecule has 0 aromatic heterocycles. The van der Waals surface area contributed by atoms with E-state index < -0.39 is 22.7 Å². The van der Waals surface area contributed by atoms with Crippen molar-refractivity contribution < 1.29 is 27.8 Å². The Kier molecular flexibility index (Phi) is 4.22. The number of alkyl halides is 3. The number of ether oxygens (including phenoxy) is 1. The molecule has 1 atom stereocenters. The molecule has 1 N–H and O–H groups in total. The Morgan fingerprint density at radius 2 is 2.05 bits per heavy atom. The first-order valence-corrected chi connectivity index (χ1v) is 7.24. The van der Waals surface area contributed by atoms with Crippen molar-refractivity contribution >= 4 is 23.8 Å². The highest BCUT2D eigenvalue weighted by molar-refractivity contribution is 8.00. The van der Waals surface area contributed by atoms with Gasteiger partial charge >= 0.3 is 12.1 Å². The van der Waals surface area contributed by atoms with Crippen LogP contribution in [0.4, 0.5) is 13.2 Å². The van der Waals surface area contributed by atoms with Gasteiger partial charge in [-0.1, -0.05) is 25.1 Å². The van der Waals surface area contributed by atoms with Gasteiger partial charge in [0.1, 0.15) is 11.3 Å². The van der Waals surface area contributed by atoms with Gasteiger partial charge in [-0.3, -0.25) is 0 Å². The van der Waals surface area contributed by atoms with Gasteiger partial charge in [0.15, 0.2) is 0 Å². The van der Waals surface area contributed by atoms with Gasteiger partial charge < -0.3 is 9.84 Å². The molecule has 0 fully saturated rings. The number of carboxylic acid groups (broad SMARTS) is 1. The fraction of sp³-hybridized carbons (Fsp3) is 0.357. The molecule has 0 spiro atoms. The quantitative estimate of drug-likeness (QED) is 0.913. The number of hydrogen-bond acceptors (Lipinski definition) is 3. The van der Waals surface area contributed by atoms with Gasteiger partial charge in [-0.2, -0.15) is 13.2 Å². The third kappa shape index (κ3) is 2.74. The van der Waals surface area contributed by atoms with Crippen LogP contribution in [0.5, 0.6) is 5.75 Å². The van der Waals surface area contributed by atoms with Crippen LogP contribution in [-0.4, -0.2) is 27.9 Å². The molecule has 1 aliphatic rings. The van der Waals surface area contributed by atoms with Crippen LogP contribution >= 0.6 is 11.8 Å². The van der Waals surface area contributed by atoms with Gasteiger partial charge in [0.2, 0.25) is 0 Å². The smallest absolute Gasteiger partial charge is 0.443 e. The molecule has 1 heterocycles. The molecule has 0 bridgehead atoms. The molecular weight excluding hydrogens is 305 g/mol. The lowest BCUT2D eigenvalue weighted by Gasteiger charge is -2.38. The third-order valence-electron chi connectivity index (χ3n) is 2.94. The predicted octanol–water partition coefficient (Wildman–Crippen LogP) is 3.95. The average Bonchev–Trinajstić information content (AvgIpc) is 2.42. The van der Waals surface area contributed by atoms with Gasteiger partial charge in [-0.05, 0) is 24.3 Å². The Morgan fingerprint density at radius 3 is 2.62 bits per heavy atom. The summed E-state index contributed by atoms with van der Waals surface area (Å²) in [6.07, 6.45) is -3.33. The Bertz CT molecular complexity index is 583. The fourth-order valence-electron chi connectivity index (χ4n) is 2.00. The van der Waals surface area contributed by atoms with E-state index >= 15 is 0 Å². The molecule has 1 aromatic rings. The lowest BCUT2D eigenvalue weighted by atomic mass is 10.0. The minimum atomic E-state index is -4.84. The van der Waals surface area contributed by atoms with E-state index in [9.17, 15) is 23.1 Å². The van der Waals surface area contributed by atoms with Crippen molar-refractivity contribution in [1.29, 1.82) is 0 Å². The van der Waals surface area contributed by atoms with Crippen LogP contribution in [0.3, 0.4) is 0 Å². The molecule has 0 aliphatic carbocycles. The third-order valence-corrected chi connectivity index (χ3v) is 4.49. The molecule has 1 aliphatic heterocycles. The number of hydrogen-bond donors (Lipinski definition) is 1. The van der Waals surface area contributed by atoms with E-state index in [0.29, 0.717) is 23.7 Å². The summed E-state index contributed by atoms with van der Waals surface area (Å²) in [5.41, 5.74) is -0.473.